The molecule has 0 spiro atoms. The largest absolute Gasteiger partial charge is 0.506 e. The van der Waals surface area contributed by atoms with Gasteiger partial charge in [0.1, 0.15) is 11.5 Å². The van der Waals surface area contributed by atoms with E-state index in [1.165, 1.54) is 0 Å². The van der Waals surface area contributed by atoms with Gasteiger partial charge in [0.05, 0.1) is 24.5 Å². The first-order valence-corrected chi connectivity index (χ1v) is 12.7. The number of aliphatic carboxylic acids is 2. The van der Waals surface area contributed by atoms with E-state index in [0.717, 1.165) is 11.1 Å². The topological polar surface area (TPSA) is 171 Å². The summed E-state index contributed by atoms with van der Waals surface area (Å²) in [6, 6.07) is 0. The zero-order valence-corrected chi connectivity index (χ0v) is 22.6. The van der Waals surface area contributed by atoms with Crippen molar-refractivity contribution in [2.45, 2.75) is 53.9 Å². The number of carbonyl (C=O) groups is 2. The Morgan fingerprint density at radius 2 is 1.13 bits per heavy atom. The summed E-state index contributed by atoms with van der Waals surface area (Å²) in [5.41, 5.74) is 3.58. The van der Waals surface area contributed by atoms with Gasteiger partial charge in [-0.25, -0.2) is 0 Å². The molecule has 0 aromatic carbocycles. The number of aromatic nitrogens is 2. The van der Waals surface area contributed by atoms with Gasteiger partial charge in [-0.1, -0.05) is 13.8 Å². The Labute approximate surface area is 223 Å². The number of pyridine rings is 2. The van der Waals surface area contributed by atoms with Crippen molar-refractivity contribution in [3.8, 4) is 11.5 Å². The van der Waals surface area contributed by atoms with Gasteiger partial charge >= 0.3 is 11.9 Å². The van der Waals surface area contributed by atoms with E-state index in [1.54, 1.807) is 36.0 Å². The Morgan fingerprint density at radius 3 is 1.45 bits per heavy atom. The molecule has 0 unspecified atom stereocenters. The molecule has 2 heterocycles. The molecule has 2 aromatic rings. The van der Waals surface area contributed by atoms with Crippen molar-refractivity contribution >= 4 is 11.9 Å². The van der Waals surface area contributed by atoms with Gasteiger partial charge in [0.2, 0.25) is 0 Å². The van der Waals surface area contributed by atoms with Gasteiger partial charge in [0, 0.05) is 62.8 Å². The Bertz CT molecular complexity index is 1010. The molecule has 12 nitrogen and oxygen atoms in total. The summed E-state index contributed by atoms with van der Waals surface area (Å²) in [7, 11) is 0. The number of nitrogens with zero attached hydrogens (tertiary/aromatic N) is 4. The van der Waals surface area contributed by atoms with E-state index < -0.39 is 11.9 Å². The molecule has 210 valence electrons. The first kappa shape index (κ1) is 30.9. The van der Waals surface area contributed by atoms with Crippen molar-refractivity contribution in [1.29, 1.82) is 0 Å². The Hall–Kier alpha value is -3.32. The second kappa shape index (κ2) is 15.2. The van der Waals surface area contributed by atoms with Gasteiger partial charge in [0.15, 0.2) is 0 Å². The lowest BCUT2D eigenvalue weighted by molar-refractivity contribution is -0.140. The summed E-state index contributed by atoms with van der Waals surface area (Å²) in [4.78, 5) is 35.1. The second-order valence-corrected chi connectivity index (χ2v) is 9.16. The third-order valence-corrected chi connectivity index (χ3v) is 6.20. The minimum Gasteiger partial charge on any atom is -0.506 e. The molecule has 0 aliphatic carbocycles. The maximum absolute atomic E-state index is 11.7. The molecule has 12 heteroatoms. The average Bonchev–Trinajstić information content (AvgIpc) is 2.86. The summed E-state index contributed by atoms with van der Waals surface area (Å²) < 4.78 is 0. The van der Waals surface area contributed by atoms with Crippen molar-refractivity contribution in [2.24, 2.45) is 0 Å². The van der Waals surface area contributed by atoms with E-state index in [0.29, 0.717) is 48.7 Å². The second-order valence-electron chi connectivity index (χ2n) is 9.16. The maximum Gasteiger partial charge on any atom is 0.317 e. The van der Waals surface area contributed by atoms with Crippen LogP contribution in [-0.4, -0.2) is 91.4 Å². The summed E-state index contributed by atoms with van der Waals surface area (Å²) in [6.45, 7) is 9.78. The molecule has 0 amide bonds. The third-order valence-electron chi connectivity index (χ3n) is 6.20. The molecule has 0 fully saturated rings. The standard InChI is InChI=1S/C26H40N6O6/c1-5-27-9-19-11-29-17(3)25(37)21(19)13-31(15-23(33)34)7-8-32(16-24(35)36)14-22-20(10-28-6-2)12-30-18(4)26(22)38/h11-12,27-28,37-38H,5-10,13-16H2,1-4H3,(H,33,34)(H,35,36). The van der Waals surface area contributed by atoms with E-state index in [9.17, 15) is 30.0 Å². The van der Waals surface area contributed by atoms with Crippen molar-refractivity contribution < 1.29 is 30.0 Å². The Kier molecular flexibility index (Phi) is 12.3. The highest BCUT2D eigenvalue weighted by Crippen LogP contribution is 2.27. The van der Waals surface area contributed by atoms with Crippen molar-refractivity contribution in [3.63, 3.8) is 0 Å². The number of rotatable bonds is 17. The Morgan fingerprint density at radius 1 is 0.763 bits per heavy atom. The molecular formula is C26H40N6O6. The van der Waals surface area contributed by atoms with Crippen LogP contribution >= 0.6 is 0 Å². The van der Waals surface area contributed by atoms with Gasteiger partial charge in [-0.3, -0.25) is 29.4 Å². The molecule has 0 bridgehead atoms. The third kappa shape index (κ3) is 9.21. The highest BCUT2D eigenvalue weighted by molar-refractivity contribution is 5.69. The lowest BCUT2D eigenvalue weighted by Gasteiger charge is -2.28. The SMILES string of the molecule is CCNCc1cnc(C)c(O)c1CN(CCN(CC(=O)O)Cc1c(CNCC)cnc(C)c1O)CC(=O)O. The molecule has 0 aliphatic heterocycles. The van der Waals surface area contributed by atoms with Crippen LogP contribution in [0.2, 0.25) is 0 Å². The summed E-state index contributed by atoms with van der Waals surface area (Å²) in [5, 5.41) is 46.9. The molecule has 0 atom stereocenters. The fourth-order valence-electron chi connectivity index (χ4n) is 4.09. The molecular weight excluding hydrogens is 492 g/mol. The van der Waals surface area contributed by atoms with Gasteiger partial charge in [-0.15, -0.1) is 0 Å². The first-order valence-electron chi connectivity index (χ1n) is 12.7. The van der Waals surface area contributed by atoms with Gasteiger partial charge < -0.3 is 31.1 Å². The van der Waals surface area contributed by atoms with E-state index in [2.05, 4.69) is 20.6 Å². The predicted octanol–water partition coefficient (Wildman–Crippen LogP) is 1.20. The normalized spacial score (nSPS) is 11.4. The quantitative estimate of drug-likeness (QED) is 0.172. The number of hydrogen-bond acceptors (Lipinski definition) is 10. The molecule has 0 saturated heterocycles. The first-order chi connectivity index (χ1) is 18.1. The molecule has 0 radical (unpaired) electrons. The number of aromatic hydroxyl groups is 2. The zero-order valence-electron chi connectivity index (χ0n) is 22.6. The minimum atomic E-state index is -1.04. The van der Waals surface area contributed by atoms with Gasteiger partial charge in [0.25, 0.3) is 0 Å². The minimum absolute atomic E-state index is 0.0171. The van der Waals surface area contributed by atoms with Crippen LogP contribution in [0.15, 0.2) is 12.4 Å². The van der Waals surface area contributed by atoms with Crippen LogP contribution in [0.5, 0.6) is 11.5 Å². The summed E-state index contributed by atoms with van der Waals surface area (Å²) >= 11 is 0. The number of aryl methyl sites for hydroxylation is 2. The molecule has 0 saturated carbocycles. The lowest BCUT2D eigenvalue weighted by atomic mass is 10.1. The van der Waals surface area contributed by atoms with Gasteiger partial charge in [-0.05, 0) is 38.1 Å². The van der Waals surface area contributed by atoms with E-state index in [1.807, 2.05) is 13.8 Å². The summed E-state index contributed by atoms with van der Waals surface area (Å²) in [6.07, 6.45) is 3.34. The predicted molar refractivity (Wildman–Crippen MR) is 142 cm³/mol. The molecule has 0 aliphatic rings. The Balaban J connectivity index is 2.30. The van der Waals surface area contributed by atoms with Crippen molar-refractivity contribution in [2.75, 3.05) is 39.3 Å². The van der Waals surface area contributed by atoms with Crippen LogP contribution in [0, 0.1) is 13.8 Å². The van der Waals surface area contributed by atoms with Crippen LogP contribution < -0.4 is 10.6 Å². The fourth-order valence-corrected chi connectivity index (χ4v) is 4.09. The fraction of sp³-hybridized carbons (Fsp3) is 0.538. The molecule has 2 aromatic heterocycles. The smallest absolute Gasteiger partial charge is 0.317 e. The van der Waals surface area contributed by atoms with Crippen LogP contribution in [0.4, 0.5) is 0 Å². The van der Waals surface area contributed by atoms with Crippen LogP contribution in [-0.2, 0) is 35.8 Å². The highest BCUT2D eigenvalue weighted by atomic mass is 16.4. The zero-order chi connectivity index (χ0) is 28.2. The van der Waals surface area contributed by atoms with Crippen molar-refractivity contribution in [3.05, 3.63) is 46.0 Å². The number of carboxylic acids is 2. The van der Waals surface area contributed by atoms with Crippen LogP contribution in [0.25, 0.3) is 0 Å². The van der Waals surface area contributed by atoms with E-state index in [4.69, 9.17) is 0 Å². The number of hydrogen-bond donors (Lipinski definition) is 6. The number of carboxylic acid groups (broad SMARTS) is 2. The molecule has 6 N–H and O–H groups in total. The number of nitrogens with one attached hydrogen (secondary N) is 2. The maximum atomic E-state index is 11.7. The van der Waals surface area contributed by atoms with Crippen molar-refractivity contribution in [1.82, 2.24) is 30.4 Å². The average molecular weight is 533 g/mol. The van der Waals surface area contributed by atoms with Crippen LogP contribution in [0.1, 0.15) is 47.5 Å². The van der Waals surface area contributed by atoms with E-state index >= 15 is 0 Å². The molecule has 2 rings (SSSR count). The van der Waals surface area contributed by atoms with Gasteiger partial charge in [-0.2, -0.15) is 0 Å². The molecule has 38 heavy (non-hydrogen) atoms. The monoisotopic (exact) mass is 532 g/mol. The summed E-state index contributed by atoms with van der Waals surface area (Å²) in [5.74, 6) is -2.04. The highest BCUT2D eigenvalue weighted by Gasteiger charge is 2.21. The van der Waals surface area contributed by atoms with E-state index in [-0.39, 0.29) is 50.8 Å². The van der Waals surface area contributed by atoms with Crippen LogP contribution in [0.3, 0.4) is 0 Å². The lowest BCUT2D eigenvalue weighted by Crippen LogP contribution is -2.39.